The van der Waals surface area contributed by atoms with Gasteiger partial charge in [0.25, 0.3) is 0 Å². The first-order valence-corrected chi connectivity index (χ1v) is 8.59. The van der Waals surface area contributed by atoms with Crippen molar-refractivity contribution in [3.63, 3.8) is 0 Å². The van der Waals surface area contributed by atoms with Crippen molar-refractivity contribution in [3.05, 3.63) is 23.5 Å². The van der Waals surface area contributed by atoms with Crippen molar-refractivity contribution in [3.8, 4) is 0 Å². The summed E-state index contributed by atoms with van der Waals surface area (Å²) in [5.74, 6) is -3.09. The fourth-order valence-electron chi connectivity index (χ4n) is 2.99. The van der Waals surface area contributed by atoms with Crippen LogP contribution in [-0.4, -0.2) is 102 Å². The largest absolute Gasteiger partial charge is 0.468 e. The number of hydrogen-bond donors (Lipinski definition) is 5. The van der Waals surface area contributed by atoms with Crippen LogP contribution in [0.3, 0.4) is 0 Å². The van der Waals surface area contributed by atoms with Gasteiger partial charge in [-0.05, 0) is 0 Å². The van der Waals surface area contributed by atoms with Crippen LogP contribution in [0.1, 0.15) is 0 Å². The van der Waals surface area contributed by atoms with Gasteiger partial charge in [0.15, 0.2) is 6.29 Å². The van der Waals surface area contributed by atoms with Gasteiger partial charge < -0.3 is 49.2 Å². The van der Waals surface area contributed by atoms with Gasteiger partial charge in [0.2, 0.25) is 6.29 Å². The molecule has 0 aromatic heterocycles. The van der Waals surface area contributed by atoms with E-state index < -0.39 is 68.1 Å². The fourth-order valence-corrected chi connectivity index (χ4v) is 2.99. The van der Waals surface area contributed by atoms with Crippen LogP contribution in [0.25, 0.3) is 0 Å². The Balaban J connectivity index is 2.34. The van der Waals surface area contributed by atoms with Gasteiger partial charge in [-0.15, -0.1) is 0 Å². The number of carbonyl (C=O) groups excluding carboxylic acids is 2. The van der Waals surface area contributed by atoms with Crippen molar-refractivity contribution < 1.29 is 58.8 Å². The molecule has 164 valence electrons. The van der Waals surface area contributed by atoms with E-state index in [0.717, 1.165) is 26.6 Å². The van der Waals surface area contributed by atoms with E-state index >= 15 is 0 Å². The third kappa shape index (κ3) is 4.75. The zero-order valence-corrected chi connectivity index (χ0v) is 15.7. The van der Waals surface area contributed by atoms with Crippen molar-refractivity contribution in [1.82, 2.24) is 0 Å². The molecule has 0 radical (unpaired) electrons. The monoisotopic (exact) mass is 420 g/mol. The molecule has 29 heavy (non-hydrogen) atoms. The van der Waals surface area contributed by atoms with Gasteiger partial charge in [-0.25, -0.2) is 4.79 Å². The Labute approximate surface area is 165 Å². The molecule has 7 atom stereocenters. The third-order valence-corrected chi connectivity index (χ3v) is 4.53. The van der Waals surface area contributed by atoms with Crippen LogP contribution in [0.4, 0.5) is 0 Å². The fraction of sp³-hybridized carbons (Fsp3) is 0.647. The molecular weight excluding hydrogens is 396 g/mol. The molecule has 12 heteroatoms. The quantitative estimate of drug-likeness (QED) is 0.216. The number of hydrogen-bond acceptors (Lipinski definition) is 12. The molecular formula is C17H24O12. The Morgan fingerprint density at radius 2 is 1.79 bits per heavy atom. The smallest absolute Gasteiger partial charge is 0.338 e. The lowest BCUT2D eigenvalue weighted by Crippen LogP contribution is -2.60. The predicted molar refractivity (Wildman–Crippen MR) is 90.5 cm³/mol. The second kappa shape index (κ2) is 10.1. The van der Waals surface area contributed by atoms with E-state index in [4.69, 9.17) is 18.9 Å². The lowest BCUT2D eigenvalue weighted by molar-refractivity contribution is -0.327. The second-order valence-electron chi connectivity index (χ2n) is 6.21. The highest BCUT2D eigenvalue weighted by Crippen LogP contribution is 2.34. The SMILES string of the molecule is COC(=O)C1=CO[C@@H](O[C@@H]2O[C@H](CO)[C@@H](O)[C@H](O)[C@H]2O)/C(=C/CO)[C@@H]1C(=O)OC. The summed E-state index contributed by atoms with van der Waals surface area (Å²) in [6, 6.07) is 0. The van der Waals surface area contributed by atoms with Gasteiger partial charge in [-0.3, -0.25) is 4.79 Å². The molecule has 0 spiro atoms. The van der Waals surface area contributed by atoms with E-state index in [9.17, 15) is 35.1 Å². The molecule has 1 saturated heterocycles. The van der Waals surface area contributed by atoms with Gasteiger partial charge >= 0.3 is 11.9 Å². The summed E-state index contributed by atoms with van der Waals surface area (Å²) in [5.41, 5.74) is -0.257. The van der Waals surface area contributed by atoms with Crippen molar-refractivity contribution in [1.29, 1.82) is 0 Å². The molecule has 0 bridgehead atoms. The highest BCUT2D eigenvalue weighted by atomic mass is 16.8. The second-order valence-corrected chi connectivity index (χ2v) is 6.21. The number of aliphatic hydroxyl groups excluding tert-OH is 5. The van der Waals surface area contributed by atoms with Crippen LogP contribution in [-0.2, 0) is 33.3 Å². The van der Waals surface area contributed by atoms with Crippen LogP contribution in [0, 0.1) is 5.92 Å². The van der Waals surface area contributed by atoms with Crippen LogP contribution < -0.4 is 0 Å². The number of esters is 2. The molecule has 0 unspecified atom stereocenters. The van der Waals surface area contributed by atoms with Gasteiger partial charge in [0.1, 0.15) is 30.3 Å². The first-order valence-electron chi connectivity index (χ1n) is 8.59. The lowest BCUT2D eigenvalue weighted by atomic mass is 9.88. The molecule has 2 aliphatic rings. The van der Waals surface area contributed by atoms with E-state index in [1.54, 1.807) is 0 Å². The van der Waals surface area contributed by atoms with Gasteiger partial charge in [-0.1, -0.05) is 6.08 Å². The highest BCUT2D eigenvalue weighted by molar-refractivity contribution is 5.97. The molecule has 0 amide bonds. The average molecular weight is 420 g/mol. The summed E-state index contributed by atoms with van der Waals surface area (Å²) < 4.78 is 25.4. The minimum Gasteiger partial charge on any atom is -0.468 e. The Kier molecular flexibility index (Phi) is 8.10. The molecule has 0 saturated carbocycles. The molecule has 0 aliphatic carbocycles. The molecule has 0 aromatic carbocycles. The molecule has 2 heterocycles. The molecule has 0 aromatic rings. The molecule has 2 aliphatic heterocycles. The number of aliphatic hydroxyl groups is 5. The summed E-state index contributed by atoms with van der Waals surface area (Å²) in [6.45, 7) is -1.23. The van der Waals surface area contributed by atoms with Crippen molar-refractivity contribution in [2.45, 2.75) is 37.0 Å². The first-order chi connectivity index (χ1) is 13.8. The zero-order chi connectivity index (χ0) is 21.7. The topological polar surface area (TPSA) is 181 Å². The maximum atomic E-state index is 12.3. The Bertz CT molecular complexity index is 657. The highest BCUT2D eigenvalue weighted by Gasteiger charge is 2.47. The van der Waals surface area contributed by atoms with E-state index in [2.05, 4.69) is 4.74 Å². The summed E-state index contributed by atoms with van der Waals surface area (Å²) >= 11 is 0. The minimum absolute atomic E-state index is 0.0424. The Morgan fingerprint density at radius 1 is 1.10 bits per heavy atom. The lowest BCUT2D eigenvalue weighted by Gasteiger charge is -2.41. The summed E-state index contributed by atoms with van der Waals surface area (Å²) in [7, 11) is 2.19. The third-order valence-electron chi connectivity index (χ3n) is 4.53. The number of rotatable bonds is 6. The number of carbonyl (C=O) groups is 2. The van der Waals surface area contributed by atoms with E-state index in [1.807, 2.05) is 0 Å². The van der Waals surface area contributed by atoms with Crippen LogP contribution in [0.5, 0.6) is 0 Å². The van der Waals surface area contributed by atoms with Crippen molar-refractivity contribution in [2.24, 2.45) is 5.92 Å². The Hall–Kier alpha value is -2.06. The summed E-state index contributed by atoms with van der Waals surface area (Å²) in [6.07, 6.45) is -7.21. The molecule has 5 N–H and O–H groups in total. The Morgan fingerprint density at radius 3 is 2.34 bits per heavy atom. The number of methoxy groups -OCH3 is 2. The molecule has 2 rings (SSSR count). The summed E-state index contributed by atoms with van der Waals surface area (Å²) in [5, 5.41) is 48.4. The first kappa shape index (κ1) is 23.2. The zero-order valence-electron chi connectivity index (χ0n) is 15.7. The van der Waals surface area contributed by atoms with Gasteiger partial charge in [0.05, 0.1) is 39.3 Å². The van der Waals surface area contributed by atoms with Crippen LogP contribution in [0.2, 0.25) is 0 Å². The maximum Gasteiger partial charge on any atom is 0.338 e. The van der Waals surface area contributed by atoms with Crippen molar-refractivity contribution >= 4 is 11.9 Å². The van der Waals surface area contributed by atoms with Gasteiger partial charge in [0, 0.05) is 5.57 Å². The van der Waals surface area contributed by atoms with Crippen LogP contribution >= 0.6 is 0 Å². The van der Waals surface area contributed by atoms with Gasteiger partial charge in [-0.2, -0.15) is 0 Å². The van der Waals surface area contributed by atoms with E-state index in [1.165, 1.54) is 0 Å². The average Bonchev–Trinajstić information content (AvgIpc) is 2.73. The van der Waals surface area contributed by atoms with E-state index in [0.29, 0.717) is 0 Å². The molecule has 12 nitrogen and oxygen atoms in total. The standard InChI is InChI=1S/C17H24O12/c1-25-14(23)8-6-27-16(7(3-4-18)10(8)15(24)26-2)29-17-13(22)12(21)11(20)9(5-19)28-17/h3,6,9-13,16-22H,4-5H2,1-2H3/b7-3+/t9-,10+,11-,12+,13-,16+,17+/m1/s1. The van der Waals surface area contributed by atoms with Crippen molar-refractivity contribution in [2.75, 3.05) is 27.4 Å². The van der Waals surface area contributed by atoms with E-state index in [-0.39, 0.29) is 11.1 Å². The normalized spacial score (nSPS) is 36.2. The molecule has 1 fully saturated rings. The predicted octanol–water partition coefficient (Wildman–Crippen LogP) is -3.08. The summed E-state index contributed by atoms with van der Waals surface area (Å²) in [4.78, 5) is 24.3. The maximum absolute atomic E-state index is 12.3. The minimum atomic E-state index is -1.73. The number of ether oxygens (including phenoxy) is 5. The van der Waals surface area contributed by atoms with Crippen LogP contribution in [0.15, 0.2) is 23.5 Å².